The summed E-state index contributed by atoms with van der Waals surface area (Å²) in [6.07, 6.45) is 1.54. The smallest absolute Gasteiger partial charge is 0.221 e. The first-order valence-corrected chi connectivity index (χ1v) is 4.59. The third kappa shape index (κ3) is 1.50. The predicted molar refractivity (Wildman–Crippen MR) is 57.7 cm³/mol. The fourth-order valence-corrected chi connectivity index (χ4v) is 1.58. The first kappa shape index (κ1) is 9.47. The number of benzene rings is 1. The maximum Gasteiger partial charge on any atom is 0.221 e. The summed E-state index contributed by atoms with van der Waals surface area (Å²) in [6.45, 7) is 2.00. The summed E-state index contributed by atoms with van der Waals surface area (Å²) in [7, 11) is 1.58. The van der Waals surface area contributed by atoms with Crippen molar-refractivity contribution in [3.8, 4) is 11.9 Å². The average Bonchev–Trinajstić information content (AvgIpc) is 2.27. The molecule has 0 saturated carbocycles. The quantitative estimate of drug-likeness (QED) is 0.706. The minimum Gasteiger partial charge on any atom is -0.481 e. The molecule has 15 heavy (non-hydrogen) atoms. The van der Waals surface area contributed by atoms with Crippen molar-refractivity contribution in [2.45, 2.75) is 6.92 Å². The van der Waals surface area contributed by atoms with Gasteiger partial charge in [-0.15, -0.1) is 0 Å². The number of rotatable bonds is 1. The molecule has 0 saturated heterocycles. The zero-order chi connectivity index (χ0) is 10.8. The van der Waals surface area contributed by atoms with Crippen LogP contribution in [0.1, 0.15) is 11.1 Å². The Bertz CT molecular complexity index is 555. The standard InChI is InChI=1S/C12H10N2O/c1-8-3-4-10-9(6-13)7-14-12(15-2)11(10)5-8/h3-5,7H,1-2H3. The van der Waals surface area contributed by atoms with Crippen LogP contribution in [0.25, 0.3) is 10.8 Å². The molecule has 1 heterocycles. The van der Waals surface area contributed by atoms with Crippen LogP contribution < -0.4 is 4.74 Å². The number of nitriles is 1. The molecule has 3 heteroatoms. The van der Waals surface area contributed by atoms with Gasteiger partial charge in [0.25, 0.3) is 0 Å². The minimum absolute atomic E-state index is 0.563. The Labute approximate surface area is 87.9 Å². The van der Waals surface area contributed by atoms with E-state index in [0.29, 0.717) is 11.4 Å². The Morgan fingerprint density at radius 2 is 2.13 bits per heavy atom. The molecule has 2 rings (SSSR count). The summed E-state index contributed by atoms with van der Waals surface area (Å²) in [5, 5.41) is 10.7. The molecular formula is C12H10N2O. The fraction of sp³-hybridized carbons (Fsp3) is 0.167. The van der Waals surface area contributed by atoms with Gasteiger partial charge in [0.2, 0.25) is 5.88 Å². The van der Waals surface area contributed by atoms with Crippen LogP contribution in [0.15, 0.2) is 24.4 Å². The van der Waals surface area contributed by atoms with Crippen molar-refractivity contribution >= 4 is 10.8 Å². The van der Waals surface area contributed by atoms with Crippen molar-refractivity contribution in [1.29, 1.82) is 5.26 Å². The van der Waals surface area contributed by atoms with Gasteiger partial charge < -0.3 is 4.74 Å². The Hall–Kier alpha value is -2.08. The number of methoxy groups -OCH3 is 1. The Balaban J connectivity index is 2.88. The summed E-state index contributed by atoms with van der Waals surface area (Å²) in [4.78, 5) is 4.09. The van der Waals surface area contributed by atoms with Gasteiger partial charge in [-0.2, -0.15) is 5.26 Å². The molecule has 0 unspecified atom stereocenters. The van der Waals surface area contributed by atoms with Crippen molar-refractivity contribution in [2.24, 2.45) is 0 Å². The van der Waals surface area contributed by atoms with E-state index >= 15 is 0 Å². The average molecular weight is 198 g/mol. The van der Waals surface area contributed by atoms with E-state index in [2.05, 4.69) is 11.1 Å². The second-order valence-corrected chi connectivity index (χ2v) is 3.34. The van der Waals surface area contributed by atoms with Crippen LogP contribution in [-0.2, 0) is 0 Å². The van der Waals surface area contributed by atoms with Crippen molar-refractivity contribution < 1.29 is 4.74 Å². The molecule has 1 aromatic carbocycles. The topological polar surface area (TPSA) is 45.9 Å². The van der Waals surface area contributed by atoms with E-state index in [4.69, 9.17) is 10.00 Å². The van der Waals surface area contributed by atoms with Crippen LogP contribution in [0.3, 0.4) is 0 Å². The molecule has 0 N–H and O–H groups in total. The number of hydrogen-bond acceptors (Lipinski definition) is 3. The largest absolute Gasteiger partial charge is 0.481 e. The number of nitrogens with zero attached hydrogens (tertiary/aromatic N) is 2. The molecule has 0 fully saturated rings. The molecule has 1 aromatic heterocycles. The van der Waals surface area contributed by atoms with Crippen LogP contribution in [0.4, 0.5) is 0 Å². The van der Waals surface area contributed by atoms with E-state index in [1.807, 2.05) is 25.1 Å². The number of fused-ring (bicyclic) bond motifs is 1. The Morgan fingerprint density at radius 1 is 1.33 bits per heavy atom. The van der Waals surface area contributed by atoms with Gasteiger partial charge >= 0.3 is 0 Å². The number of aryl methyl sites for hydroxylation is 1. The van der Waals surface area contributed by atoms with E-state index in [1.54, 1.807) is 7.11 Å². The van der Waals surface area contributed by atoms with E-state index in [1.165, 1.54) is 6.20 Å². The zero-order valence-corrected chi connectivity index (χ0v) is 8.61. The van der Waals surface area contributed by atoms with Gasteiger partial charge in [0.05, 0.1) is 12.7 Å². The normalized spacial score (nSPS) is 9.93. The summed E-state index contributed by atoms with van der Waals surface area (Å²) in [5.74, 6) is 0.563. The molecule has 0 bridgehead atoms. The molecule has 0 aliphatic heterocycles. The molecule has 0 atom stereocenters. The van der Waals surface area contributed by atoms with Crippen LogP contribution in [0.2, 0.25) is 0 Å². The van der Waals surface area contributed by atoms with Gasteiger partial charge in [0.15, 0.2) is 0 Å². The highest BCUT2D eigenvalue weighted by molar-refractivity contribution is 5.91. The summed E-state index contributed by atoms with van der Waals surface area (Å²) in [5.41, 5.74) is 1.70. The lowest BCUT2D eigenvalue weighted by Crippen LogP contribution is -1.91. The molecule has 0 aliphatic carbocycles. The minimum atomic E-state index is 0.563. The highest BCUT2D eigenvalue weighted by Crippen LogP contribution is 2.26. The van der Waals surface area contributed by atoms with Gasteiger partial charge in [0, 0.05) is 17.0 Å². The first-order chi connectivity index (χ1) is 7.26. The first-order valence-electron chi connectivity index (χ1n) is 4.59. The van der Waals surface area contributed by atoms with Crippen LogP contribution in [0.5, 0.6) is 5.88 Å². The third-order valence-electron chi connectivity index (χ3n) is 2.32. The lowest BCUT2D eigenvalue weighted by molar-refractivity contribution is 0.403. The molecular weight excluding hydrogens is 188 g/mol. The van der Waals surface area contributed by atoms with Crippen LogP contribution in [0, 0.1) is 18.3 Å². The second-order valence-electron chi connectivity index (χ2n) is 3.34. The lowest BCUT2D eigenvalue weighted by Gasteiger charge is -2.06. The van der Waals surface area contributed by atoms with Gasteiger partial charge in [-0.05, 0) is 13.0 Å². The van der Waals surface area contributed by atoms with E-state index in [-0.39, 0.29) is 0 Å². The van der Waals surface area contributed by atoms with Gasteiger partial charge in [-0.1, -0.05) is 17.7 Å². The summed E-state index contributed by atoms with van der Waals surface area (Å²) in [6, 6.07) is 8.00. The summed E-state index contributed by atoms with van der Waals surface area (Å²) < 4.78 is 5.16. The van der Waals surface area contributed by atoms with Crippen molar-refractivity contribution in [3.05, 3.63) is 35.5 Å². The predicted octanol–water partition coefficient (Wildman–Crippen LogP) is 2.42. The molecule has 74 valence electrons. The fourth-order valence-electron chi connectivity index (χ4n) is 1.58. The SMILES string of the molecule is COc1ncc(C#N)c2ccc(C)cc12. The number of aromatic nitrogens is 1. The molecule has 3 nitrogen and oxygen atoms in total. The monoisotopic (exact) mass is 198 g/mol. The van der Waals surface area contributed by atoms with Gasteiger partial charge in [0.1, 0.15) is 6.07 Å². The maximum absolute atomic E-state index is 8.94. The highest BCUT2D eigenvalue weighted by Gasteiger charge is 2.07. The lowest BCUT2D eigenvalue weighted by atomic mass is 10.1. The van der Waals surface area contributed by atoms with Crippen LogP contribution in [-0.4, -0.2) is 12.1 Å². The number of ether oxygens (including phenoxy) is 1. The van der Waals surface area contributed by atoms with Crippen molar-refractivity contribution in [1.82, 2.24) is 4.98 Å². The highest BCUT2D eigenvalue weighted by atomic mass is 16.5. The number of hydrogen-bond donors (Lipinski definition) is 0. The van der Waals surface area contributed by atoms with Gasteiger partial charge in [-0.3, -0.25) is 0 Å². The van der Waals surface area contributed by atoms with Crippen LogP contribution >= 0.6 is 0 Å². The van der Waals surface area contributed by atoms with E-state index in [0.717, 1.165) is 16.3 Å². The zero-order valence-electron chi connectivity index (χ0n) is 8.61. The molecule has 2 aromatic rings. The molecule has 0 radical (unpaired) electrons. The Kier molecular flexibility index (Phi) is 2.26. The molecule has 0 spiro atoms. The van der Waals surface area contributed by atoms with E-state index < -0.39 is 0 Å². The molecule has 0 aliphatic rings. The third-order valence-corrected chi connectivity index (χ3v) is 2.32. The van der Waals surface area contributed by atoms with Crippen molar-refractivity contribution in [3.63, 3.8) is 0 Å². The van der Waals surface area contributed by atoms with Crippen molar-refractivity contribution in [2.75, 3.05) is 7.11 Å². The maximum atomic E-state index is 8.94. The molecule has 0 amide bonds. The second kappa shape index (κ2) is 3.58. The van der Waals surface area contributed by atoms with Gasteiger partial charge in [-0.25, -0.2) is 4.98 Å². The Morgan fingerprint density at radius 3 is 2.80 bits per heavy atom. The summed E-state index contributed by atoms with van der Waals surface area (Å²) >= 11 is 0. The van der Waals surface area contributed by atoms with E-state index in [9.17, 15) is 0 Å². The number of pyridine rings is 1.